The molecule has 1 aliphatic heterocycles. The third kappa shape index (κ3) is 7.12. The summed E-state index contributed by atoms with van der Waals surface area (Å²) >= 11 is 0. The van der Waals surface area contributed by atoms with Crippen molar-refractivity contribution in [2.45, 2.75) is 52.9 Å². The molecule has 3 N–H and O–H groups in total. The number of nitrogens with zero attached hydrogens (tertiary/aromatic N) is 3. The number of rotatable bonds is 11. The molecule has 1 saturated heterocycles. The first-order valence-corrected chi connectivity index (χ1v) is 11.8. The summed E-state index contributed by atoms with van der Waals surface area (Å²) in [6.45, 7) is 8.96. The molecule has 1 fully saturated rings. The number of carbonyl (C=O) groups is 1. The van der Waals surface area contributed by atoms with Gasteiger partial charge in [-0.05, 0) is 74.2 Å². The number of aryl methyl sites for hydroxylation is 1. The highest BCUT2D eigenvalue weighted by Gasteiger charge is 2.25. The number of alkyl halides is 2. The maximum atomic E-state index is 12.6. The lowest BCUT2D eigenvalue weighted by molar-refractivity contribution is 0.0937. The van der Waals surface area contributed by atoms with E-state index in [2.05, 4.69) is 15.5 Å². The van der Waals surface area contributed by atoms with Crippen molar-refractivity contribution in [1.29, 1.82) is 0 Å². The second-order valence-corrected chi connectivity index (χ2v) is 9.68. The smallest absolute Gasteiger partial charge is 0.324 e. The molecule has 1 aliphatic rings. The molecule has 1 aromatic carbocycles. The minimum atomic E-state index is -2.72. The van der Waals surface area contributed by atoms with Crippen LogP contribution in [0.3, 0.4) is 0 Å². The van der Waals surface area contributed by atoms with E-state index in [0.29, 0.717) is 44.3 Å². The average molecular weight is 480 g/mol. The van der Waals surface area contributed by atoms with Crippen LogP contribution < -0.4 is 20.7 Å². The number of carbonyl (C=O) groups excluding carboxylic acids is 1. The first-order valence-electron chi connectivity index (χ1n) is 11.8. The van der Waals surface area contributed by atoms with Crippen LogP contribution in [-0.2, 0) is 0 Å². The number of aromatic nitrogens is 2. The number of nitrogens with two attached hydrogens (primary N) is 1. The molecular formula is C24H35F2N5O3. The fourth-order valence-corrected chi connectivity index (χ4v) is 3.89. The minimum absolute atomic E-state index is 0.108. The summed E-state index contributed by atoms with van der Waals surface area (Å²) in [6.07, 6.45) is 1.10. The van der Waals surface area contributed by atoms with E-state index in [1.54, 1.807) is 6.07 Å². The van der Waals surface area contributed by atoms with Crippen LogP contribution in [0.1, 0.15) is 67.7 Å². The first-order chi connectivity index (χ1) is 16.2. The molecule has 0 bridgehead atoms. The van der Waals surface area contributed by atoms with Gasteiger partial charge in [-0.1, -0.05) is 19.0 Å². The van der Waals surface area contributed by atoms with Crippen molar-refractivity contribution in [3.63, 3.8) is 0 Å². The molecule has 3 rings (SSSR count). The van der Waals surface area contributed by atoms with Gasteiger partial charge in [-0.25, -0.2) is 8.78 Å². The van der Waals surface area contributed by atoms with Crippen molar-refractivity contribution >= 4 is 11.9 Å². The van der Waals surface area contributed by atoms with Gasteiger partial charge >= 0.3 is 12.4 Å². The Labute approximate surface area is 199 Å². The maximum absolute atomic E-state index is 12.6. The van der Waals surface area contributed by atoms with Crippen LogP contribution in [0.25, 0.3) is 0 Å². The van der Waals surface area contributed by atoms with Crippen molar-refractivity contribution in [3.05, 3.63) is 35.2 Å². The van der Waals surface area contributed by atoms with Crippen LogP contribution in [0.15, 0.2) is 22.7 Å². The van der Waals surface area contributed by atoms with E-state index in [1.807, 2.05) is 37.8 Å². The third-order valence-corrected chi connectivity index (χ3v) is 6.26. The monoisotopic (exact) mass is 479 g/mol. The highest BCUT2D eigenvalue weighted by Crippen LogP contribution is 2.27. The van der Waals surface area contributed by atoms with Crippen LogP contribution in [0.5, 0.6) is 5.75 Å². The Bertz CT molecular complexity index is 942. The van der Waals surface area contributed by atoms with Gasteiger partial charge in [-0.3, -0.25) is 4.79 Å². The summed E-state index contributed by atoms with van der Waals surface area (Å²) in [5, 5.41) is 6.27. The second-order valence-electron chi connectivity index (χ2n) is 9.68. The number of benzene rings is 1. The van der Waals surface area contributed by atoms with Gasteiger partial charge in [-0.2, -0.15) is 4.98 Å². The summed E-state index contributed by atoms with van der Waals surface area (Å²) < 4.78 is 36.1. The van der Waals surface area contributed by atoms with Gasteiger partial charge in [0, 0.05) is 25.2 Å². The first kappa shape index (κ1) is 25.9. The Morgan fingerprint density at radius 1 is 1.35 bits per heavy atom. The van der Waals surface area contributed by atoms with E-state index in [1.165, 1.54) is 0 Å². The molecule has 2 aromatic rings. The summed E-state index contributed by atoms with van der Waals surface area (Å²) in [5.41, 5.74) is 7.08. The van der Waals surface area contributed by atoms with E-state index >= 15 is 0 Å². The number of hydrogen-bond donors (Lipinski definition) is 2. The molecule has 0 aliphatic carbocycles. The zero-order valence-corrected chi connectivity index (χ0v) is 20.2. The van der Waals surface area contributed by atoms with E-state index in [0.717, 1.165) is 37.0 Å². The molecule has 34 heavy (non-hydrogen) atoms. The predicted molar refractivity (Wildman–Crippen MR) is 125 cm³/mol. The number of anilines is 1. The Morgan fingerprint density at radius 2 is 2.09 bits per heavy atom. The van der Waals surface area contributed by atoms with Gasteiger partial charge in [0.2, 0.25) is 5.82 Å². The molecule has 188 valence electrons. The quantitative estimate of drug-likeness (QED) is 0.467. The highest BCUT2D eigenvalue weighted by atomic mass is 19.3. The second kappa shape index (κ2) is 11.6. The number of nitrogens with one attached hydrogen (secondary N) is 1. The van der Waals surface area contributed by atoms with Crippen molar-refractivity contribution in [2.24, 2.45) is 17.1 Å². The van der Waals surface area contributed by atoms with Gasteiger partial charge in [0.05, 0.1) is 6.61 Å². The Balaban J connectivity index is 1.37. The zero-order chi connectivity index (χ0) is 24.7. The van der Waals surface area contributed by atoms with E-state index < -0.39 is 12.2 Å². The van der Waals surface area contributed by atoms with Crippen molar-refractivity contribution < 1.29 is 22.8 Å². The van der Waals surface area contributed by atoms with Gasteiger partial charge in [0.1, 0.15) is 5.75 Å². The van der Waals surface area contributed by atoms with Crippen LogP contribution in [0, 0.1) is 18.3 Å². The molecule has 8 nitrogen and oxygen atoms in total. The van der Waals surface area contributed by atoms with Gasteiger partial charge in [-0.15, -0.1) is 0 Å². The number of hydrogen-bond acceptors (Lipinski definition) is 7. The van der Waals surface area contributed by atoms with Gasteiger partial charge in [0.25, 0.3) is 5.91 Å². The third-order valence-electron chi connectivity index (χ3n) is 6.26. The summed E-state index contributed by atoms with van der Waals surface area (Å²) in [4.78, 5) is 18.1. The molecule has 0 atom stereocenters. The molecule has 1 amide bonds. The van der Waals surface area contributed by atoms with Crippen molar-refractivity contribution in [1.82, 2.24) is 15.5 Å². The topological polar surface area (TPSA) is 107 Å². The average Bonchev–Trinajstić information content (AvgIpc) is 3.32. The summed E-state index contributed by atoms with van der Waals surface area (Å²) in [5.74, 6) is 0.622. The van der Waals surface area contributed by atoms with Crippen LogP contribution in [0.2, 0.25) is 0 Å². The standard InChI is InChI=1S/C24H35F2N5O3/c1-16-13-18(6-7-19(16)22(32)28-15-24(2,3)14-27)33-12-4-5-17-8-10-31(11-9-17)23-29-21(20(25)26)30-34-23/h6-7,13,17,20H,4-5,8-12,14-15,27H2,1-3H3,(H,28,32). The fraction of sp³-hybridized carbons (Fsp3) is 0.625. The fourth-order valence-electron chi connectivity index (χ4n) is 3.89. The Morgan fingerprint density at radius 3 is 2.71 bits per heavy atom. The molecule has 10 heteroatoms. The van der Waals surface area contributed by atoms with Crippen LogP contribution >= 0.6 is 0 Å². The lowest BCUT2D eigenvalue weighted by Gasteiger charge is -2.30. The van der Waals surface area contributed by atoms with Crippen LogP contribution in [0.4, 0.5) is 14.8 Å². The molecule has 0 saturated carbocycles. The molecular weight excluding hydrogens is 444 g/mol. The summed E-state index contributed by atoms with van der Waals surface area (Å²) in [6, 6.07) is 5.68. The van der Waals surface area contributed by atoms with Crippen molar-refractivity contribution in [3.8, 4) is 5.75 Å². The highest BCUT2D eigenvalue weighted by molar-refractivity contribution is 5.95. The van der Waals surface area contributed by atoms with Gasteiger partial charge in [0.15, 0.2) is 0 Å². The molecule has 0 unspecified atom stereocenters. The number of halogens is 2. The van der Waals surface area contributed by atoms with E-state index in [9.17, 15) is 13.6 Å². The number of amides is 1. The zero-order valence-electron chi connectivity index (χ0n) is 20.2. The van der Waals surface area contributed by atoms with Crippen molar-refractivity contribution in [2.75, 3.05) is 37.7 Å². The molecule has 1 aromatic heterocycles. The summed E-state index contributed by atoms with van der Waals surface area (Å²) in [7, 11) is 0. The van der Waals surface area contributed by atoms with E-state index in [4.69, 9.17) is 15.0 Å². The molecule has 0 spiro atoms. The Kier molecular flexibility index (Phi) is 8.82. The number of ether oxygens (including phenoxy) is 1. The molecule has 2 heterocycles. The molecule has 0 radical (unpaired) electrons. The number of piperidine rings is 1. The van der Waals surface area contributed by atoms with Gasteiger partial charge < -0.3 is 25.2 Å². The maximum Gasteiger partial charge on any atom is 0.324 e. The SMILES string of the molecule is Cc1cc(OCCCC2CCN(c3nc(C(F)F)no3)CC2)ccc1C(=O)NCC(C)(C)CN. The normalized spacial score (nSPS) is 15.1. The van der Waals surface area contributed by atoms with E-state index in [-0.39, 0.29) is 17.3 Å². The lowest BCUT2D eigenvalue weighted by atomic mass is 9.92. The minimum Gasteiger partial charge on any atom is -0.494 e. The Hall–Kier alpha value is -2.75. The predicted octanol–water partition coefficient (Wildman–Crippen LogP) is 4.11. The lowest BCUT2D eigenvalue weighted by Crippen LogP contribution is -2.38. The largest absolute Gasteiger partial charge is 0.494 e. The van der Waals surface area contributed by atoms with Crippen LogP contribution in [-0.4, -0.2) is 48.8 Å².